The van der Waals surface area contributed by atoms with E-state index in [1.807, 2.05) is 24.3 Å². The normalized spacial score (nSPS) is 25.6. The van der Waals surface area contributed by atoms with Crippen molar-refractivity contribution in [1.82, 2.24) is 10.2 Å². The van der Waals surface area contributed by atoms with E-state index in [0.717, 1.165) is 20.5 Å². The third-order valence-corrected chi connectivity index (χ3v) is 7.06. The molecule has 0 saturated carbocycles. The van der Waals surface area contributed by atoms with E-state index in [1.165, 1.54) is 37.3 Å². The zero-order valence-corrected chi connectivity index (χ0v) is 14.9. The van der Waals surface area contributed by atoms with Gasteiger partial charge in [-0.1, -0.05) is 11.8 Å². The Balaban J connectivity index is 1.39. The number of amides is 1. The molecule has 24 heavy (non-hydrogen) atoms. The van der Waals surface area contributed by atoms with Crippen LogP contribution >= 0.6 is 23.1 Å². The first-order valence-corrected chi connectivity index (χ1v) is 9.90. The van der Waals surface area contributed by atoms with Gasteiger partial charge in [-0.05, 0) is 68.2 Å². The van der Waals surface area contributed by atoms with Crippen molar-refractivity contribution >= 4 is 29.0 Å². The highest BCUT2D eigenvalue weighted by atomic mass is 32.2. The molecule has 2 bridgehead atoms. The number of rotatable bonds is 4. The number of piperidine rings is 3. The second-order valence-electron chi connectivity index (χ2n) is 6.43. The van der Waals surface area contributed by atoms with Crippen LogP contribution in [0.2, 0.25) is 0 Å². The summed E-state index contributed by atoms with van der Waals surface area (Å²) in [4.78, 5) is 16.8. The van der Waals surface area contributed by atoms with Gasteiger partial charge in [0.05, 0.1) is 9.09 Å². The maximum absolute atomic E-state index is 12.5. The highest BCUT2D eigenvalue weighted by molar-refractivity contribution is 8.01. The van der Waals surface area contributed by atoms with Crippen molar-refractivity contribution in [3.63, 3.8) is 0 Å². The molecule has 3 fully saturated rings. The molecule has 6 heteroatoms. The Kier molecular flexibility index (Phi) is 4.52. The van der Waals surface area contributed by atoms with Crippen LogP contribution in [0.1, 0.15) is 22.5 Å². The largest absolute Gasteiger partial charge is 0.508 e. The standard InChI is InChI=1S/C18H20N2O2S2/c21-13-1-3-14(4-2-13)23-17-6-5-16(24-17)18(22)19-15-11-20-9-7-12(15)8-10-20/h1-6,12,15,21H,7-11H2,(H,19,22). The third kappa shape index (κ3) is 3.45. The summed E-state index contributed by atoms with van der Waals surface area (Å²) in [5, 5.41) is 12.6. The van der Waals surface area contributed by atoms with Gasteiger partial charge in [0.25, 0.3) is 5.91 Å². The van der Waals surface area contributed by atoms with Gasteiger partial charge in [0.1, 0.15) is 5.75 Å². The molecule has 1 amide bonds. The van der Waals surface area contributed by atoms with Crippen LogP contribution in [0.3, 0.4) is 0 Å². The number of carbonyl (C=O) groups excluding carboxylic acids is 1. The minimum atomic E-state index is 0.0521. The molecule has 1 unspecified atom stereocenters. The van der Waals surface area contributed by atoms with E-state index in [0.29, 0.717) is 12.0 Å². The number of hydrogen-bond acceptors (Lipinski definition) is 5. The molecule has 5 rings (SSSR count). The first kappa shape index (κ1) is 16.0. The van der Waals surface area contributed by atoms with Crippen LogP contribution < -0.4 is 5.32 Å². The lowest BCUT2D eigenvalue weighted by atomic mass is 9.84. The topological polar surface area (TPSA) is 52.6 Å². The van der Waals surface area contributed by atoms with Crippen molar-refractivity contribution in [1.29, 1.82) is 0 Å². The van der Waals surface area contributed by atoms with Crippen LogP contribution in [0.4, 0.5) is 0 Å². The van der Waals surface area contributed by atoms with Crippen LogP contribution in [0.5, 0.6) is 5.75 Å². The van der Waals surface area contributed by atoms with Gasteiger partial charge < -0.3 is 15.3 Å². The maximum Gasteiger partial charge on any atom is 0.261 e. The van der Waals surface area contributed by atoms with Gasteiger partial charge >= 0.3 is 0 Å². The maximum atomic E-state index is 12.5. The number of phenols is 1. The van der Waals surface area contributed by atoms with E-state index in [-0.39, 0.29) is 11.7 Å². The Bertz CT molecular complexity index is 721. The molecule has 4 nitrogen and oxygen atoms in total. The average Bonchev–Trinajstić information content (AvgIpc) is 3.07. The number of hydrogen-bond donors (Lipinski definition) is 2. The number of benzene rings is 1. The predicted octanol–water partition coefficient (Wildman–Crippen LogP) is 3.43. The lowest BCUT2D eigenvalue weighted by molar-refractivity contribution is 0.0622. The Morgan fingerprint density at radius 1 is 1.17 bits per heavy atom. The summed E-state index contributed by atoms with van der Waals surface area (Å²) in [6, 6.07) is 11.3. The fourth-order valence-electron chi connectivity index (χ4n) is 3.50. The molecule has 0 aliphatic carbocycles. The highest BCUT2D eigenvalue weighted by Crippen LogP contribution is 2.34. The molecule has 3 aliphatic heterocycles. The molecule has 1 aromatic carbocycles. The van der Waals surface area contributed by atoms with E-state index < -0.39 is 0 Å². The number of nitrogens with zero attached hydrogens (tertiary/aromatic N) is 1. The minimum Gasteiger partial charge on any atom is -0.508 e. The lowest BCUT2D eigenvalue weighted by Gasteiger charge is -2.44. The van der Waals surface area contributed by atoms with E-state index in [4.69, 9.17) is 0 Å². The van der Waals surface area contributed by atoms with Gasteiger partial charge in [-0.25, -0.2) is 0 Å². The molecule has 3 saturated heterocycles. The second-order valence-corrected chi connectivity index (χ2v) is 8.89. The summed E-state index contributed by atoms with van der Waals surface area (Å²) >= 11 is 3.14. The zero-order chi connectivity index (χ0) is 16.5. The van der Waals surface area contributed by atoms with Crippen LogP contribution in [0.25, 0.3) is 0 Å². The number of nitrogens with one attached hydrogen (secondary N) is 1. The number of aromatic hydroxyl groups is 1. The van der Waals surface area contributed by atoms with E-state index in [9.17, 15) is 9.90 Å². The van der Waals surface area contributed by atoms with Crippen molar-refractivity contribution in [3.8, 4) is 5.75 Å². The van der Waals surface area contributed by atoms with Crippen molar-refractivity contribution < 1.29 is 9.90 Å². The van der Waals surface area contributed by atoms with Crippen LogP contribution in [-0.2, 0) is 0 Å². The third-order valence-electron chi connectivity index (χ3n) is 4.83. The molecule has 2 aromatic rings. The predicted molar refractivity (Wildman–Crippen MR) is 97.0 cm³/mol. The molecule has 0 radical (unpaired) electrons. The first-order chi connectivity index (χ1) is 11.7. The summed E-state index contributed by atoms with van der Waals surface area (Å²) in [5.41, 5.74) is 0. The summed E-state index contributed by atoms with van der Waals surface area (Å²) in [6.07, 6.45) is 2.41. The SMILES string of the molecule is O=C(NC1CN2CCC1CC2)c1ccc(Sc2ccc(O)cc2)s1. The van der Waals surface area contributed by atoms with Crippen molar-refractivity contribution in [2.75, 3.05) is 19.6 Å². The molecule has 1 atom stereocenters. The highest BCUT2D eigenvalue weighted by Gasteiger charge is 2.35. The van der Waals surface area contributed by atoms with Crippen LogP contribution in [-0.4, -0.2) is 41.6 Å². The Morgan fingerprint density at radius 2 is 1.92 bits per heavy atom. The first-order valence-electron chi connectivity index (χ1n) is 8.27. The van der Waals surface area contributed by atoms with Gasteiger partial charge in [-0.2, -0.15) is 0 Å². The molecule has 4 heterocycles. The number of phenolic OH excluding ortho intramolecular Hbond substituents is 1. The quantitative estimate of drug-likeness (QED) is 0.877. The van der Waals surface area contributed by atoms with Gasteiger partial charge in [0.2, 0.25) is 0 Å². The Morgan fingerprint density at radius 3 is 2.58 bits per heavy atom. The van der Waals surface area contributed by atoms with E-state index in [1.54, 1.807) is 23.9 Å². The fraction of sp³-hybridized carbons (Fsp3) is 0.389. The van der Waals surface area contributed by atoms with Crippen molar-refractivity contribution in [2.45, 2.75) is 28.0 Å². The summed E-state index contributed by atoms with van der Waals surface area (Å²) in [7, 11) is 0. The van der Waals surface area contributed by atoms with Gasteiger partial charge in [0, 0.05) is 17.5 Å². The Labute approximate surface area is 149 Å². The van der Waals surface area contributed by atoms with Gasteiger partial charge in [0.15, 0.2) is 0 Å². The minimum absolute atomic E-state index is 0.0521. The molecule has 1 aromatic heterocycles. The van der Waals surface area contributed by atoms with Gasteiger partial charge in [-0.3, -0.25) is 4.79 Å². The molecule has 126 valence electrons. The van der Waals surface area contributed by atoms with Crippen molar-refractivity contribution in [3.05, 3.63) is 41.3 Å². The molecular weight excluding hydrogens is 340 g/mol. The van der Waals surface area contributed by atoms with Crippen LogP contribution in [0.15, 0.2) is 45.5 Å². The average molecular weight is 361 g/mol. The van der Waals surface area contributed by atoms with E-state index in [2.05, 4.69) is 10.2 Å². The number of fused-ring (bicyclic) bond motifs is 3. The molecule has 0 spiro atoms. The smallest absolute Gasteiger partial charge is 0.261 e. The van der Waals surface area contributed by atoms with Gasteiger partial charge in [-0.15, -0.1) is 11.3 Å². The molecular formula is C18H20N2O2S2. The fourth-order valence-corrected chi connectivity index (χ4v) is 5.50. The second kappa shape index (κ2) is 6.78. The zero-order valence-electron chi connectivity index (χ0n) is 13.3. The summed E-state index contributed by atoms with van der Waals surface area (Å²) in [6.45, 7) is 3.36. The van der Waals surface area contributed by atoms with Crippen molar-refractivity contribution in [2.24, 2.45) is 5.92 Å². The number of thiophene rings is 1. The summed E-state index contributed by atoms with van der Waals surface area (Å²) < 4.78 is 1.08. The number of carbonyl (C=O) groups is 1. The lowest BCUT2D eigenvalue weighted by Crippen LogP contribution is -2.57. The van der Waals surface area contributed by atoms with E-state index >= 15 is 0 Å². The Hall–Kier alpha value is -1.50. The monoisotopic (exact) mass is 360 g/mol. The molecule has 2 N–H and O–H groups in total. The summed E-state index contributed by atoms with van der Waals surface area (Å²) in [5.74, 6) is 0.962. The van der Waals surface area contributed by atoms with Crippen LogP contribution in [0, 0.1) is 5.92 Å². The molecule has 3 aliphatic rings.